The van der Waals surface area contributed by atoms with Crippen molar-refractivity contribution in [3.05, 3.63) is 0 Å². The second kappa shape index (κ2) is 34.9. The average Bonchev–Trinajstić information content (AvgIpc) is 3.25. The van der Waals surface area contributed by atoms with Gasteiger partial charge in [0.15, 0.2) is 12.6 Å². The number of aliphatic hydroxyl groups excluding tert-OH is 7. The smallest absolute Gasteiger partial charge is 0.187 e. The lowest BCUT2D eigenvalue weighted by molar-refractivity contribution is -0.363. The lowest BCUT2D eigenvalue weighted by atomic mass is 9.96. The van der Waals surface area contributed by atoms with Crippen LogP contribution >= 0.6 is 0 Å². The normalized spacial score (nSPS) is 28.9. The van der Waals surface area contributed by atoms with Gasteiger partial charge in [-0.3, -0.25) is 0 Å². The van der Waals surface area contributed by atoms with Gasteiger partial charge in [0.2, 0.25) is 0 Å². The molecule has 358 valence electrons. The first-order valence-electron chi connectivity index (χ1n) is 25.3. The highest BCUT2D eigenvalue weighted by Gasteiger charge is 2.51. The van der Waals surface area contributed by atoms with E-state index >= 15 is 0 Å². The van der Waals surface area contributed by atoms with Crippen LogP contribution in [0.15, 0.2) is 0 Å². The number of rotatable bonds is 38. The topological polar surface area (TPSA) is 179 Å². The molecule has 2 aliphatic rings. The number of hydrogen-bond donors (Lipinski definition) is 7. The van der Waals surface area contributed by atoms with Crippen LogP contribution in [0.1, 0.15) is 220 Å². The van der Waals surface area contributed by atoms with Crippen LogP contribution in [0.3, 0.4) is 0 Å². The van der Waals surface area contributed by atoms with Crippen LogP contribution in [0, 0.1) is 11.8 Å². The quantitative estimate of drug-likeness (QED) is 0.0295. The lowest BCUT2D eigenvalue weighted by Gasteiger charge is -2.46. The molecule has 2 aliphatic heterocycles. The molecule has 11 heteroatoms. The molecular formula is C49H96O11. The van der Waals surface area contributed by atoms with Crippen molar-refractivity contribution < 1.29 is 54.7 Å². The molecule has 12 atom stereocenters. The molecule has 0 spiro atoms. The van der Waals surface area contributed by atoms with Crippen LogP contribution in [-0.4, -0.2) is 116 Å². The minimum atomic E-state index is -1.71. The van der Waals surface area contributed by atoms with Crippen molar-refractivity contribution in [3.8, 4) is 0 Å². The van der Waals surface area contributed by atoms with Crippen molar-refractivity contribution in [2.75, 3.05) is 13.2 Å². The highest BCUT2D eigenvalue weighted by atomic mass is 16.7. The van der Waals surface area contributed by atoms with E-state index in [4.69, 9.17) is 18.9 Å². The second-order valence-corrected chi connectivity index (χ2v) is 18.9. The van der Waals surface area contributed by atoms with Gasteiger partial charge < -0.3 is 54.7 Å². The minimum absolute atomic E-state index is 0.186. The van der Waals surface area contributed by atoms with Gasteiger partial charge in [-0.1, -0.05) is 207 Å². The zero-order valence-electron chi connectivity index (χ0n) is 38.9. The third-order valence-corrected chi connectivity index (χ3v) is 13.6. The molecule has 0 saturated carbocycles. The molecule has 0 aliphatic carbocycles. The fourth-order valence-electron chi connectivity index (χ4n) is 8.81. The van der Waals surface area contributed by atoms with Crippen LogP contribution in [0.5, 0.6) is 0 Å². The Labute approximate surface area is 366 Å². The highest BCUT2D eigenvalue weighted by Crippen LogP contribution is 2.31. The largest absolute Gasteiger partial charge is 0.394 e. The Morgan fingerprint density at radius 1 is 0.400 bits per heavy atom. The number of aliphatic hydroxyl groups is 7. The average molecular weight is 861 g/mol. The summed E-state index contributed by atoms with van der Waals surface area (Å²) in [5, 5.41) is 73.0. The molecule has 2 saturated heterocycles. The number of unbranched alkanes of at least 4 members (excludes halogenated alkanes) is 22. The van der Waals surface area contributed by atoms with Crippen molar-refractivity contribution in [1.29, 1.82) is 0 Å². The van der Waals surface area contributed by atoms with Crippen molar-refractivity contribution in [1.82, 2.24) is 0 Å². The molecule has 2 fully saturated rings. The Hall–Kier alpha value is -0.440. The maximum absolute atomic E-state index is 11.2. The standard InChI is InChI=1S/C49H96O11/c1-5-37(3)31-27-23-19-15-11-7-9-13-17-21-25-29-33-39(34-30-26-22-18-14-10-8-12-16-20-24-28-32-38(4)6-2)57-48-46(56)44(54)47(41(36-51)59-48)60-49-45(55)43(53)42(52)40(35-50)58-49/h37-56H,5-36H2,1-4H3/t37?,38?,39?,40-,41-,42-,43+,44-,45-,46-,47+,48-,49-/m1/s1. The molecule has 11 nitrogen and oxygen atoms in total. The molecule has 60 heavy (non-hydrogen) atoms. The first kappa shape index (κ1) is 55.7. The van der Waals surface area contributed by atoms with E-state index in [9.17, 15) is 35.7 Å². The Bertz CT molecular complexity index is 934. The van der Waals surface area contributed by atoms with Crippen molar-refractivity contribution in [2.45, 2.75) is 288 Å². The van der Waals surface area contributed by atoms with Gasteiger partial charge in [0, 0.05) is 0 Å². The Morgan fingerprint density at radius 3 is 1.10 bits per heavy atom. The molecule has 2 heterocycles. The van der Waals surface area contributed by atoms with E-state index in [1.54, 1.807) is 0 Å². The summed E-state index contributed by atoms with van der Waals surface area (Å²) in [6.07, 6.45) is 22.9. The summed E-state index contributed by atoms with van der Waals surface area (Å²) in [6, 6.07) is 0. The molecule has 0 aromatic rings. The van der Waals surface area contributed by atoms with Crippen molar-refractivity contribution >= 4 is 0 Å². The van der Waals surface area contributed by atoms with Gasteiger partial charge in [-0.25, -0.2) is 0 Å². The molecular weight excluding hydrogens is 765 g/mol. The summed E-state index contributed by atoms with van der Waals surface area (Å²) in [5.74, 6) is 1.73. The van der Waals surface area contributed by atoms with E-state index in [0.29, 0.717) is 0 Å². The van der Waals surface area contributed by atoms with Crippen molar-refractivity contribution in [2.24, 2.45) is 11.8 Å². The fourth-order valence-corrected chi connectivity index (χ4v) is 8.81. The fraction of sp³-hybridized carbons (Fsp3) is 1.00. The SMILES string of the molecule is CCC(C)CCCCCCCCCCCCCCC(CCCCCCCCCCCCCCC(C)CC)O[C@@H]1O[C@H](CO)[C@H](O[C@H]2O[C@H](CO)[C@@H](O)[C@H](O)[C@H]2O)[C@H](O)[C@H]1O. The zero-order chi connectivity index (χ0) is 44.0. The van der Waals surface area contributed by atoms with E-state index in [2.05, 4.69) is 27.7 Å². The molecule has 2 unspecified atom stereocenters. The molecule has 0 aromatic carbocycles. The van der Waals surface area contributed by atoms with Gasteiger partial charge in [-0.15, -0.1) is 0 Å². The lowest BCUT2D eigenvalue weighted by Crippen LogP contribution is -2.64. The highest BCUT2D eigenvalue weighted by molar-refractivity contribution is 4.94. The van der Waals surface area contributed by atoms with Crippen LogP contribution in [0.25, 0.3) is 0 Å². The van der Waals surface area contributed by atoms with Crippen LogP contribution < -0.4 is 0 Å². The van der Waals surface area contributed by atoms with Gasteiger partial charge in [-0.05, 0) is 24.7 Å². The number of hydrogen-bond acceptors (Lipinski definition) is 11. The van der Waals surface area contributed by atoms with Gasteiger partial charge >= 0.3 is 0 Å². The van der Waals surface area contributed by atoms with Gasteiger partial charge in [0.1, 0.15) is 48.8 Å². The summed E-state index contributed by atoms with van der Waals surface area (Å²) in [7, 11) is 0. The van der Waals surface area contributed by atoms with Crippen LogP contribution in [0.4, 0.5) is 0 Å². The molecule has 2 rings (SSSR count). The van der Waals surface area contributed by atoms with E-state index in [0.717, 1.165) is 50.4 Å². The van der Waals surface area contributed by atoms with Gasteiger partial charge in [0.05, 0.1) is 19.3 Å². The van der Waals surface area contributed by atoms with Crippen LogP contribution in [-0.2, 0) is 18.9 Å². The predicted molar refractivity (Wildman–Crippen MR) is 239 cm³/mol. The summed E-state index contributed by atoms with van der Waals surface area (Å²) in [6.45, 7) is 8.07. The molecule has 0 radical (unpaired) electrons. The predicted octanol–water partition coefficient (Wildman–Crippen LogP) is 9.01. The molecule has 0 amide bonds. The van der Waals surface area contributed by atoms with Crippen LogP contribution in [0.2, 0.25) is 0 Å². The second-order valence-electron chi connectivity index (χ2n) is 18.9. The van der Waals surface area contributed by atoms with E-state index in [1.807, 2.05) is 0 Å². The summed E-state index contributed by atoms with van der Waals surface area (Å²) < 4.78 is 23.6. The Morgan fingerprint density at radius 2 is 0.733 bits per heavy atom. The monoisotopic (exact) mass is 861 g/mol. The maximum atomic E-state index is 11.2. The van der Waals surface area contributed by atoms with E-state index < -0.39 is 74.6 Å². The van der Waals surface area contributed by atoms with Gasteiger partial charge in [0.25, 0.3) is 0 Å². The Balaban J connectivity index is 1.78. The maximum Gasteiger partial charge on any atom is 0.187 e. The van der Waals surface area contributed by atoms with Gasteiger partial charge in [-0.2, -0.15) is 0 Å². The molecule has 7 N–H and O–H groups in total. The third-order valence-electron chi connectivity index (χ3n) is 13.6. The Kier molecular flexibility index (Phi) is 32.4. The summed E-state index contributed by atoms with van der Waals surface area (Å²) in [5.41, 5.74) is 0. The molecule has 0 aromatic heterocycles. The van der Waals surface area contributed by atoms with E-state index in [-0.39, 0.29) is 6.10 Å². The first-order valence-corrected chi connectivity index (χ1v) is 25.3. The zero-order valence-corrected chi connectivity index (χ0v) is 38.9. The summed E-state index contributed by atoms with van der Waals surface area (Å²) >= 11 is 0. The van der Waals surface area contributed by atoms with E-state index in [1.165, 1.54) is 154 Å². The third kappa shape index (κ3) is 23.0. The number of ether oxygens (including phenoxy) is 4. The summed E-state index contributed by atoms with van der Waals surface area (Å²) in [4.78, 5) is 0. The minimum Gasteiger partial charge on any atom is -0.394 e. The van der Waals surface area contributed by atoms with Crippen molar-refractivity contribution in [3.63, 3.8) is 0 Å². The molecule has 0 bridgehead atoms. The first-order chi connectivity index (χ1) is 29.1.